The van der Waals surface area contributed by atoms with E-state index in [1.54, 1.807) is 0 Å². The first kappa shape index (κ1) is 12.9. The van der Waals surface area contributed by atoms with Crippen molar-refractivity contribution in [3.05, 3.63) is 29.3 Å². The Morgan fingerprint density at radius 3 is 2.44 bits per heavy atom. The summed E-state index contributed by atoms with van der Waals surface area (Å²) in [5.74, 6) is -1.17. The largest absolute Gasteiger partial charge is 0.493 e. The minimum Gasteiger partial charge on any atom is -0.493 e. The van der Waals surface area contributed by atoms with E-state index in [4.69, 9.17) is 10.5 Å². The van der Waals surface area contributed by atoms with Crippen molar-refractivity contribution in [2.45, 2.75) is 20.3 Å². The van der Waals surface area contributed by atoms with E-state index in [0.717, 1.165) is 6.07 Å². The summed E-state index contributed by atoms with van der Waals surface area (Å²) < 4.78 is 31.4. The van der Waals surface area contributed by atoms with Crippen molar-refractivity contribution in [1.82, 2.24) is 0 Å². The summed E-state index contributed by atoms with van der Waals surface area (Å²) in [7, 11) is 1.37. The Kier molecular flexibility index (Phi) is 3.86. The Labute approximate surface area is 94.4 Å². The van der Waals surface area contributed by atoms with E-state index in [0.29, 0.717) is 18.5 Å². The van der Waals surface area contributed by atoms with Crippen LogP contribution < -0.4 is 10.5 Å². The van der Waals surface area contributed by atoms with Gasteiger partial charge < -0.3 is 10.5 Å². The Bertz CT molecular complexity index is 378. The van der Waals surface area contributed by atoms with Crippen LogP contribution in [0.4, 0.5) is 8.78 Å². The molecule has 2 N–H and O–H groups in total. The third-order valence-electron chi connectivity index (χ3n) is 2.51. The number of methoxy groups -OCH3 is 1. The Morgan fingerprint density at radius 2 is 1.94 bits per heavy atom. The van der Waals surface area contributed by atoms with E-state index < -0.39 is 11.6 Å². The fourth-order valence-electron chi connectivity index (χ4n) is 1.56. The lowest BCUT2D eigenvalue weighted by Crippen LogP contribution is -2.26. The molecule has 0 spiro atoms. The minimum absolute atomic E-state index is 0.0999. The third-order valence-corrected chi connectivity index (χ3v) is 2.51. The lowest BCUT2D eigenvalue weighted by Gasteiger charge is -2.23. The molecule has 0 saturated carbocycles. The van der Waals surface area contributed by atoms with Crippen LogP contribution in [0.25, 0.3) is 0 Å². The van der Waals surface area contributed by atoms with E-state index in [9.17, 15) is 8.78 Å². The van der Waals surface area contributed by atoms with Crippen molar-refractivity contribution in [3.8, 4) is 5.75 Å². The molecule has 0 heterocycles. The molecule has 90 valence electrons. The van der Waals surface area contributed by atoms with Crippen LogP contribution in [0.3, 0.4) is 0 Å². The zero-order chi connectivity index (χ0) is 12.3. The van der Waals surface area contributed by atoms with Gasteiger partial charge >= 0.3 is 0 Å². The number of halogens is 2. The standard InChI is InChI=1S/C12H17F2NO/c1-12(2,7-15)6-8-4-9(13)5-10(14)11(8)16-3/h4-5H,6-7,15H2,1-3H3. The van der Waals surface area contributed by atoms with Gasteiger partial charge in [-0.15, -0.1) is 0 Å². The average molecular weight is 229 g/mol. The van der Waals surface area contributed by atoms with Crippen LogP contribution >= 0.6 is 0 Å². The quantitative estimate of drug-likeness (QED) is 0.861. The predicted octanol–water partition coefficient (Wildman–Crippen LogP) is 2.50. The summed E-state index contributed by atoms with van der Waals surface area (Å²) >= 11 is 0. The van der Waals surface area contributed by atoms with Crippen LogP contribution in [0.5, 0.6) is 5.75 Å². The smallest absolute Gasteiger partial charge is 0.168 e. The molecule has 0 bridgehead atoms. The molecular formula is C12H17F2NO. The molecular weight excluding hydrogens is 212 g/mol. The van der Waals surface area contributed by atoms with Gasteiger partial charge in [0.1, 0.15) is 5.82 Å². The van der Waals surface area contributed by atoms with Gasteiger partial charge in [0, 0.05) is 11.6 Å². The summed E-state index contributed by atoms with van der Waals surface area (Å²) in [6.45, 7) is 4.32. The molecule has 0 atom stereocenters. The highest BCUT2D eigenvalue weighted by molar-refractivity contribution is 5.36. The molecule has 0 aromatic heterocycles. The molecule has 0 aliphatic heterocycles. The van der Waals surface area contributed by atoms with Gasteiger partial charge in [0.05, 0.1) is 7.11 Å². The van der Waals surface area contributed by atoms with Crippen molar-refractivity contribution in [3.63, 3.8) is 0 Å². The molecule has 4 heteroatoms. The molecule has 0 fully saturated rings. The van der Waals surface area contributed by atoms with Crippen LogP contribution in [-0.2, 0) is 6.42 Å². The molecule has 2 nitrogen and oxygen atoms in total. The highest BCUT2D eigenvalue weighted by Crippen LogP contribution is 2.30. The molecule has 0 saturated heterocycles. The number of hydrogen-bond acceptors (Lipinski definition) is 2. The van der Waals surface area contributed by atoms with Crippen LogP contribution in [0, 0.1) is 17.0 Å². The van der Waals surface area contributed by atoms with Gasteiger partial charge in [-0.3, -0.25) is 0 Å². The molecule has 0 aliphatic carbocycles. The zero-order valence-corrected chi connectivity index (χ0v) is 9.81. The van der Waals surface area contributed by atoms with Gasteiger partial charge in [-0.1, -0.05) is 13.8 Å². The third kappa shape index (κ3) is 2.92. The summed E-state index contributed by atoms with van der Waals surface area (Å²) in [4.78, 5) is 0. The van der Waals surface area contributed by atoms with Crippen LogP contribution in [0.1, 0.15) is 19.4 Å². The van der Waals surface area contributed by atoms with E-state index in [2.05, 4.69) is 0 Å². The molecule has 1 rings (SSSR count). The molecule has 1 aromatic rings. The SMILES string of the molecule is COc1c(F)cc(F)cc1CC(C)(C)CN. The molecule has 1 aromatic carbocycles. The van der Waals surface area contributed by atoms with Gasteiger partial charge in [-0.25, -0.2) is 8.78 Å². The average Bonchev–Trinajstić information content (AvgIpc) is 2.16. The lowest BCUT2D eigenvalue weighted by molar-refractivity contribution is 0.346. The Balaban J connectivity index is 3.12. The summed E-state index contributed by atoms with van der Waals surface area (Å²) in [5.41, 5.74) is 5.89. The van der Waals surface area contributed by atoms with Gasteiger partial charge in [0.15, 0.2) is 11.6 Å². The highest BCUT2D eigenvalue weighted by Gasteiger charge is 2.21. The second-order valence-electron chi connectivity index (χ2n) is 4.63. The molecule has 0 amide bonds. The van der Waals surface area contributed by atoms with Crippen molar-refractivity contribution in [1.29, 1.82) is 0 Å². The molecule has 0 radical (unpaired) electrons. The van der Waals surface area contributed by atoms with Crippen LogP contribution in [0.2, 0.25) is 0 Å². The normalized spacial score (nSPS) is 11.6. The summed E-state index contributed by atoms with van der Waals surface area (Å²) in [6, 6.07) is 2.11. The molecule has 16 heavy (non-hydrogen) atoms. The monoisotopic (exact) mass is 229 g/mol. The lowest BCUT2D eigenvalue weighted by atomic mass is 9.85. The van der Waals surface area contributed by atoms with Crippen molar-refractivity contribution in [2.75, 3.05) is 13.7 Å². The first-order valence-electron chi connectivity index (χ1n) is 5.11. The fraction of sp³-hybridized carbons (Fsp3) is 0.500. The first-order valence-corrected chi connectivity index (χ1v) is 5.11. The second kappa shape index (κ2) is 4.78. The number of ether oxygens (including phenoxy) is 1. The summed E-state index contributed by atoms with van der Waals surface area (Å²) in [6.07, 6.45) is 0.474. The van der Waals surface area contributed by atoms with E-state index >= 15 is 0 Å². The van der Waals surface area contributed by atoms with Crippen molar-refractivity contribution >= 4 is 0 Å². The maximum absolute atomic E-state index is 13.4. The second-order valence-corrected chi connectivity index (χ2v) is 4.63. The van der Waals surface area contributed by atoms with Gasteiger partial charge in [-0.2, -0.15) is 0 Å². The number of hydrogen-bond donors (Lipinski definition) is 1. The zero-order valence-electron chi connectivity index (χ0n) is 9.81. The van der Waals surface area contributed by atoms with Crippen LogP contribution in [0.15, 0.2) is 12.1 Å². The van der Waals surface area contributed by atoms with Crippen molar-refractivity contribution < 1.29 is 13.5 Å². The van der Waals surface area contributed by atoms with Crippen molar-refractivity contribution in [2.24, 2.45) is 11.1 Å². The van der Waals surface area contributed by atoms with Gasteiger partial charge in [-0.05, 0) is 24.4 Å². The highest BCUT2D eigenvalue weighted by atomic mass is 19.1. The minimum atomic E-state index is -0.676. The summed E-state index contributed by atoms with van der Waals surface area (Å²) in [5, 5.41) is 0. The van der Waals surface area contributed by atoms with E-state index in [-0.39, 0.29) is 11.2 Å². The number of benzene rings is 1. The maximum atomic E-state index is 13.4. The maximum Gasteiger partial charge on any atom is 0.168 e. The van der Waals surface area contributed by atoms with Gasteiger partial charge in [0.25, 0.3) is 0 Å². The van der Waals surface area contributed by atoms with Gasteiger partial charge in [0.2, 0.25) is 0 Å². The number of rotatable bonds is 4. The fourth-order valence-corrected chi connectivity index (χ4v) is 1.56. The Morgan fingerprint density at radius 1 is 1.31 bits per heavy atom. The van der Waals surface area contributed by atoms with E-state index in [1.807, 2.05) is 13.8 Å². The Hall–Kier alpha value is -1.16. The molecule has 0 aliphatic rings. The van der Waals surface area contributed by atoms with Crippen LogP contribution in [-0.4, -0.2) is 13.7 Å². The topological polar surface area (TPSA) is 35.2 Å². The first-order chi connectivity index (χ1) is 7.39. The predicted molar refractivity (Wildman–Crippen MR) is 59.4 cm³/mol. The number of nitrogens with two attached hydrogens (primary N) is 1. The van der Waals surface area contributed by atoms with E-state index in [1.165, 1.54) is 13.2 Å². The molecule has 0 unspecified atom stereocenters.